The van der Waals surface area contributed by atoms with Gasteiger partial charge in [0.15, 0.2) is 0 Å². The van der Waals surface area contributed by atoms with Gasteiger partial charge in [-0.25, -0.2) is 4.79 Å². The van der Waals surface area contributed by atoms with E-state index in [9.17, 15) is 9.59 Å². The van der Waals surface area contributed by atoms with Crippen LogP contribution in [-0.4, -0.2) is 23.0 Å². The summed E-state index contributed by atoms with van der Waals surface area (Å²) in [5.74, 6) is -1.51. The second kappa shape index (κ2) is 7.70. The first-order chi connectivity index (χ1) is 9.97. The predicted octanol–water partition coefficient (Wildman–Crippen LogP) is 2.12. The van der Waals surface area contributed by atoms with Crippen LogP contribution >= 0.6 is 0 Å². The maximum absolute atomic E-state index is 11.8. The summed E-state index contributed by atoms with van der Waals surface area (Å²) in [5.41, 5.74) is 0.533. The largest absolute Gasteiger partial charge is 0.478 e. The summed E-state index contributed by atoms with van der Waals surface area (Å²) >= 11 is 0. The van der Waals surface area contributed by atoms with Crippen LogP contribution in [-0.2, 0) is 4.79 Å². The van der Waals surface area contributed by atoms with Crippen LogP contribution in [0.15, 0.2) is 36.0 Å². The first-order valence-corrected chi connectivity index (χ1v) is 6.49. The normalized spacial score (nSPS) is 12.1. The molecule has 0 fully saturated rings. The molecule has 0 saturated heterocycles. The van der Waals surface area contributed by atoms with Crippen LogP contribution < -0.4 is 10.6 Å². The molecule has 1 unspecified atom stereocenters. The number of anilines is 1. The van der Waals surface area contributed by atoms with Gasteiger partial charge in [0.1, 0.15) is 11.6 Å². The Kier molecular flexibility index (Phi) is 5.96. The van der Waals surface area contributed by atoms with Crippen molar-refractivity contribution in [2.24, 2.45) is 0 Å². The number of rotatable bonds is 6. The number of benzene rings is 1. The van der Waals surface area contributed by atoms with Crippen molar-refractivity contribution in [1.29, 1.82) is 5.26 Å². The number of carboxylic acid groups (broad SMARTS) is 1. The van der Waals surface area contributed by atoms with Crippen LogP contribution in [0.3, 0.4) is 0 Å². The monoisotopic (exact) mass is 287 g/mol. The average molecular weight is 287 g/mol. The summed E-state index contributed by atoms with van der Waals surface area (Å²) in [7, 11) is 0. The Labute approximate surface area is 123 Å². The van der Waals surface area contributed by atoms with E-state index in [1.165, 1.54) is 18.3 Å². The van der Waals surface area contributed by atoms with Gasteiger partial charge < -0.3 is 15.7 Å². The molecular formula is C15H17N3O3. The summed E-state index contributed by atoms with van der Waals surface area (Å²) < 4.78 is 0. The number of nitrogens with one attached hydrogen (secondary N) is 2. The number of nitriles is 1. The third-order valence-corrected chi connectivity index (χ3v) is 2.85. The van der Waals surface area contributed by atoms with Crippen LogP contribution in [0.4, 0.5) is 5.69 Å². The van der Waals surface area contributed by atoms with E-state index >= 15 is 0 Å². The Morgan fingerprint density at radius 2 is 2.19 bits per heavy atom. The molecule has 6 heteroatoms. The van der Waals surface area contributed by atoms with Gasteiger partial charge in [0.05, 0.1) is 5.56 Å². The second-order valence-corrected chi connectivity index (χ2v) is 4.48. The van der Waals surface area contributed by atoms with Crippen LogP contribution in [0.1, 0.15) is 30.6 Å². The lowest BCUT2D eigenvalue weighted by Crippen LogP contribution is -2.33. The standard InChI is InChI=1S/C15H17N3O3/c1-3-10(2)18-14(19)12(8-16)9-17-13-6-4-5-11(7-13)15(20)21/h4-7,9-10,17H,3H2,1-2H3,(H,18,19)(H,20,21)/b12-9-. The summed E-state index contributed by atoms with van der Waals surface area (Å²) in [5, 5.41) is 23.3. The fourth-order valence-corrected chi connectivity index (χ4v) is 1.45. The Hall–Kier alpha value is -2.81. The molecule has 6 nitrogen and oxygen atoms in total. The Morgan fingerprint density at radius 3 is 2.76 bits per heavy atom. The van der Waals surface area contributed by atoms with Gasteiger partial charge in [-0.05, 0) is 31.5 Å². The lowest BCUT2D eigenvalue weighted by atomic mass is 10.2. The highest BCUT2D eigenvalue weighted by molar-refractivity contribution is 5.97. The highest BCUT2D eigenvalue weighted by Crippen LogP contribution is 2.11. The van der Waals surface area contributed by atoms with Crippen molar-refractivity contribution in [3.63, 3.8) is 0 Å². The third-order valence-electron chi connectivity index (χ3n) is 2.85. The van der Waals surface area contributed by atoms with Crippen LogP contribution in [0.5, 0.6) is 0 Å². The Balaban J connectivity index is 2.81. The van der Waals surface area contributed by atoms with Crippen molar-refractivity contribution in [1.82, 2.24) is 5.32 Å². The first kappa shape index (κ1) is 16.2. The number of hydrogen-bond acceptors (Lipinski definition) is 4. The third kappa shape index (κ3) is 4.99. The summed E-state index contributed by atoms with van der Waals surface area (Å²) in [6.45, 7) is 3.77. The fraction of sp³-hybridized carbons (Fsp3) is 0.267. The molecule has 110 valence electrons. The topological polar surface area (TPSA) is 102 Å². The summed E-state index contributed by atoms with van der Waals surface area (Å²) in [4.78, 5) is 22.7. The van der Waals surface area contributed by atoms with Crippen LogP contribution in [0.2, 0.25) is 0 Å². The lowest BCUT2D eigenvalue weighted by molar-refractivity contribution is -0.117. The van der Waals surface area contributed by atoms with Crippen molar-refractivity contribution >= 4 is 17.6 Å². The Morgan fingerprint density at radius 1 is 1.48 bits per heavy atom. The number of carboxylic acids is 1. The molecule has 0 aromatic heterocycles. The van der Waals surface area contributed by atoms with Gasteiger partial charge in [-0.3, -0.25) is 4.79 Å². The van der Waals surface area contributed by atoms with E-state index in [1.54, 1.807) is 12.1 Å². The Bertz CT molecular complexity index is 602. The molecule has 0 aliphatic heterocycles. The lowest BCUT2D eigenvalue weighted by Gasteiger charge is -2.10. The number of carbonyl (C=O) groups excluding carboxylic acids is 1. The van der Waals surface area contributed by atoms with Gasteiger partial charge in [-0.1, -0.05) is 13.0 Å². The minimum Gasteiger partial charge on any atom is -0.478 e. The van der Waals surface area contributed by atoms with E-state index in [0.29, 0.717) is 5.69 Å². The number of amides is 1. The van der Waals surface area contributed by atoms with Gasteiger partial charge in [0.25, 0.3) is 5.91 Å². The second-order valence-electron chi connectivity index (χ2n) is 4.48. The highest BCUT2D eigenvalue weighted by atomic mass is 16.4. The van der Waals surface area contributed by atoms with Crippen molar-refractivity contribution in [3.05, 3.63) is 41.6 Å². The van der Waals surface area contributed by atoms with E-state index in [4.69, 9.17) is 10.4 Å². The molecule has 0 aliphatic carbocycles. The molecule has 21 heavy (non-hydrogen) atoms. The smallest absolute Gasteiger partial charge is 0.335 e. The van der Waals surface area contributed by atoms with Gasteiger partial charge in [-0.15, -0.1) is 0 Å². The van der Waals surface area contributed by atoms with E-state index in [-0.39, 0.29) is 17.2 Å². The maximum atomic E-state index is 11.8. The molecule has 1 rings (SSSR count). The summed E-state index contributed by atoms with van der Waals surface area (Å²) in [6, 6.07) is 7.88. The molecular weight excluding hydrogens is 270 g/mol. The fourth-order valence-electron chi connectivity index (χ4n) is 1.45. The predicted molar refractivity (Wildman–Crippen MR) is 78.6 cm³/mol. The molecule has 0 aliphatic rings. The molecule has 0 heterocycles. The zero-order valence-electron chi connectivity index (χ0n) is 11.9. The van der Waals surface area contributed by atoms with E-state index in [1.807, 2.05) is 19.9 Å². The highest BCUT2D eigenvalue weighted by Gasteiger charge is 2.11. The van der Waals surface area contributed by atoms with Crippen LogP contribution in [0.25, 0.3) is 0 Å². The number of carbonyl (C=O) groups is 2. The minimum absolute atomic E-state index is 0.0235. The zero-order chi connectivity index (χ0) is 15.8. The molecule has 0 saturated carbocycles. The number of nitrogens with zero attached hydrogens (tertiary/aromatic N) is 1. The van der Waals surface area contributed by atoms with Crippen molar-refractivity contribution in [2.45, 2.75) is 26.3 Å². The van der Waals surface area contributed by atoms with E-state index in [2.05, 4.69) is 10.6 Å². The number of aromatic carboxylic acids is 1. The van der Waals surface area contributed by atoms with Gasteiger partial charge in [0, 0.05) is 17.9 Å². The van der Waals surface area contributed by atoms with E-state index < -0.39 is 11.9 Å². The molecule has 1 atom stereocenters. The zero-order valence-corrected chi connectivity index (χ0v) is 11.9. The van der Waals surface area contributed by atoms with Crippen molar-refractivity contribution in [2.75, 3.05) is 5.32 Å². The van der Waals surface area contributed by atoms with Gasteiger partial charge >= 0.3 is 5.97 Å². The SMILES string of the molecule is CCC(C)NC(=O)/C(C#N)=C\Nc1cccc(C(=O)O)c1. The molecule has 1 aromatic rings. The minimum atomic E-state index is -1.04. The molecule has 0 spiro atoms. The van der Waals surface area contributed by atoms with Gasteiger partial charge in [0.2, 0.25) is 0 Å². The number of hydrogen-bond donors (Lipinski definition) is 3. The quantitative estimate of drug-likeness (QED) is 0.549. The molecule has 0 radical (unpaired) electrons. The van der Waals surface area contributed by atoms with E-state index in [0.717, 1.165) is 6.42 Å². The van der Waals surface area contributed by atoms with Crippen LogP contribution in [0, 0.1) is 11.3 Å². The van der Waals surface area contributed by atoms with Crippen molar-refractivity contribution in [3.8, 4) is 6.07 Å². The van der Waals surface area contributed by atoms with Crippen molar-refractivity contribution < 1.29 is 14.7 Å². The molecule has 0 bridgehead atoms. The first-order valence-electron chi connectivity index (χ1n) is 6.49. The summed E-state index contributed by atoms with van der Waals surface area (Å²) in [6.07, 6.45) is 2.03. The molecule has 3 N–H and O–H groups in total. The molecule has 1 amide bonds. The molecule has 1 aromatic carbocycles. The average Bonchev–Trinajstić information content (AvgIpc) is 2.47. The maximum Gasteiger partial charge on any atom is 0.335 e. The van der Waals surface area contributed by atoms with Gasteiger partial charge in [-0.2, -0.15) is 5.26 Å².